The van der Waals surface area contributed by atoms with Crippen LogP contribution in [0.5, 0.6) is 0 Å². The summed E-state index contributed by atoms with van der Waals surface area (Å²) in [6, 6.07) is 30.3. The zero-order valence-corrected chi connectivity index (χ0v) is 36.5. The topological polar surface area (TPSA) is 211 Å². The number of pyridine rings is 1. The van der Waals surface area contributed by atoms with Crippen molar-refractivity contribution in [3.63, 3.8) is 0 Å². The number of oxime groups is 1. The average Bonchev–Trinajstić information content (AvgIpc) is 3.70. The van der Waals surface area contributed by atoms with E-state index in [-0.39, 0.29) is 22.4 Å². The first kappa shape index (κ1) is 43.8. The lowest BCUT2D eigenvalue weighted by atomic mass is 9.80. The van der Waals surface area contributed by atoms with Gasteiger partial charge >= 0.3 is 12.1 Å². The molecule has 7 rings (SSSR count). The van der Waals surface area contributed by atoms with Gasteiger partial charge in [-0.15, -0.1) is 0 Å². The van der Waals surface area contributed by atoms with E-state index in [2.05, 4.69) is 30.1 Å². The van der Waals surface area contributed by atoms with Crippen molar-refractivity contribution in [1.29, 1.82) is 0 Å². The average molecular weight is 893 g/mol. The molecule has 0 bridgehead atoms. The fraction of sp³-hybridized carbons (Fsp3) is 0.273. The summed E-state index contributed by atoms with van der Waals surface area (Å²) in [5.41, 5.74) is 6.49. The smallest absolute Gasteiger partial charge is 0.407 e. The molecule has 3 aromatic carbocycles. The zero-order valence-electron chi connectivity index (χ0n) is 34.0. The highest BCUT2D eigenvalue weighted by Gasteiger charge is 2.54. The highest BCUT2D eigenvalue weighted by molar-refractivity contribution is 8.03. The van der Waals surface area contributed by atoms with Crippen molar-refractivity contribution in [2.24, 2.45) is 5.16 Å². The van der Waals surface area contributed by atoms with E-state index < -0.39 is 47.2 Å². The Morgan fingerprint density at radius 3 is 2.15 bits per heavy atom. The maximum Gasteiger partial charge on any atom is 0.407 e. The van der Waals surface area contributed by atoms with Crippen molar-refractivity contribution in [1.82, 2.24) is 29.9 Å². The molecule has 5 aromatic rings. The summed E-state index contributed by atoms with van der Waals surface area (Å²) < 4.78 is 9.55. The minimum Gasteiger partial charge on any atom is -0.477 e. The van der Waals surface area contributed by atoms with Crippen LogP contribution in [0.25, 0.3) is 0 Å². The first-order valence-electron chi connectivity index (χ1n) is 19.6. The first-order valence-corrected chi connectivity index (χ1v) is 22.4. The fourth-order valence-corrected chi connectivity index (χ4v) is 9.61. The van der Waals surface area contributed by atoms with Crippen LogP contribution in [0.15, 0.2) is 130 Å². The lowest BCUT2D eigenvalue weighted by Gasteiger charge is -2.50. The third-order valence-electron chi connectivity index (χ3n) is 9.80. The number of amides is 3. The number of nitrogens with two attached hydrogens (primary N) is 1. The summed E-state index contributed by atoms with van der Waals surface area (Å²) in [5.74, 6) is -1.65. The van der Waals surface area contributed by atoms with Crippen LogP contribution in [0.4, 0.5) is 9.93 Å². The number of benzene rings is 3. The van der Waals surface area contributed by atoms with Crippen LogP contribution in [0.2, 0.25) is 0 Å². The van der Waals surface area contributed by atoms with E-state index in [0.29, 0.717) is 35.8 Å². The maximum absolute atomic E-state index is 14.3. The van der Waals surface area contributed by atoms with Crippen molar-refractivity contribution < 1.29 is 33.9 Å². The van der Waals surface area contributed by atoms with E-state index in [1.165, 1.54) is 16.7 Å². The molecular formula is C44H44N8O7S3. The van der Waals surface area contributed by atoms with E-state index in [9.17, 15) is 24.3 Å². The molecule has 5 N–H and O–H groups in total. The SMILES string of the molecule is CC(C)(C)OC(=O)NCCSCc1ncccc1SC1=C(C(=O)O)N2C(=O)C(NC(=O)C(=NOC(c3ccccc3)(c3ccccc3)c3ccccc3)c3nsc(N)n3)C2CC1. The highest BCUT2D eigenvalue weighted by Crippen LogP contribution is 2.44. The zero-order chi connectivity index (χ0) is 43.9. The van der Waals surface area contributed by atoms with Crippen LogP contribution in [0, 0.1) is 0 Å². The van der Waals surface area contributed by atoms with Crippen molar-refractivity contribution >= 4 is 69.8 Å². The Labute approximate surface area is 370 Å². The number of carbonyl (C=O) groups is 4. The summed E-state index contributed by atoms with van der Waals surface area (Å²) in [6.07, 6.45) is 1.88. The van der Waals surface area contributed by atoms with Crippen LogP contribution < -0.4 is 16.4 Å². The highest BCUT2D eigenvalue weighted by atomic mass is 32.2. The number of aliphatic carboxylic acids is 1. The number of nitrogens with one attached hydrogen (secondary N) is 2. The molecule has 320 valence electrons. The normalized spacial score (nSPS) is 16.5. The number of carbonyl (C=O) groups excluding carboxylic acids is 3. The molecule has 0 aliphatic carbocycles. The van der Waals surface area contributed by atoms with E-state index in [4.69, 9.17) is 15.3 Å². The number of nitrogen functional groups attached to an aromatic ring is 1. The Hall–Kier alpha value is -6.24. The number of rotatable bonds is 16. The van der Waals surface area contributed by atoms with E-state index >= 15 is 0 Å². The van der Waals surface area contributed by atoms with E-state index in [1.807, 2.05) is 97.1 Å². The number of thioether (sulfide) groups is 2. The van der Waals surface area contributed by atoms with Gasteiger partial charge in [-0.25, -0.2) is 9.59 Å². The number of anilines is 1. The maximum atomic E-state index is 14.3. The number of alkyl carbamates (subject to hydrolysis) is 1. The third kappa shape index (κ3) is 9.77. The van der Waals surface area contributed by atoms with Gasteiger partial charge in [0.05, 0.1) is 11.7 Å². The number of fused-ring (bicyclic) bond motifs is 1. The Kier molecular flexibility index (Phi) is 13.6. The lowest BCUT2D eigenvalue weighted by Crippen LogP contribution is -2.72. The van der Waals surface area contributed by atoms with Gasteiger partial charge in [0.15, 0.2) is 5.13 Å². The predicted octanol–water partition coefficient (Wildman–Crippen LogP) is 6.56. The number of ether oxygens (including phenoxy) is 1. The third-order valence-corrected chi connectivity index (χ3v) is 12.5. The molecule has 62 heavy (non-hydrogen) atoms. The Balaban J connectivity index is 1.10. The molecule has 1 fully saturated rings. The van der Waals surface area contributed by atoms with Crippen molar-refractivity contribution in [3.05, 3.63) is 148 Å². The molecule has 2 aromatic heterocycles. The lowest BCUT2D eigenvalue weighted by molar-refractivity contribution is -0.155. The molecule has 18 heteroatoms. The van der Waals surface area contributed by atoms with Gasteiger partial charge in [-0.1, -0.05) is 108 Å². The number of β-lactam (4-membered cyclic amide) rings is 1. The van der Waals surface area contributed by atoms with Crippen LogP contribution in [-0.4, -0.2) is 83.9 Å². The standard InChI is InChI=1S/C44H44N8O7S3/c1-43(2,3)58-42(57)47-24-25-60-26-30-32(20-13-23-46-30)61-33-22-21-31-34(39(54)52(31)36(33)40(55)56)48-38(53)35(37-49-41(45)62-51-37)50-59-44(27-14-7-4-8-15-27,28-16-9-5-10-17-28)29-18-11-6-12-19-29/h4-20,23,31,34H,21-22,24-26H2,1-3H3,(H,47,57)(H,48,53)(H,55,56)(H2,45,49,51). The van der Waals surface area contributed by atoms with Crippen LogP contribution in [-0.2, 0) is 35.3 Å². The number of hydrogen-bond donors (Lipinski definition) is 4. The van der Waals surface area contributed by atoms with Gasteiger partial charge in [0.2, 0.25) is 17.1 Å². The summed E-state index contributed by atoms with van der Waals surface area (Å²) in [6.45, 7) is 5.78. The summed E-state index contributed by atoms with van der Waals surface area (Å²) in [7, 11) is 0. The number of allylic oxidation sites excluding steroid dienone is 1. The van der Waals surface area contributed by atoms with Crippen LogP contribution >= 0.6 is 35.1 Å². The second kappa shape index (κ2) is 19.2. The van der Waals surface area contributed by atoms with E-state index in [1.54, 1.807) is 44.8 Å². The largest absolute Gasteiger partial charge is 0.477 e. The molecule has 2 aliphatic rings. The number of hydrogen-bond acceptors (Lipinski definition) is 14. The second-order valence-electron chi connectivity index (χ2n) is 15.1. The molecule has 2 aliphatic heterocycles. The number of carboxylic acids is 1. The summed E-state index contributed by atoms with van der Waals surface area (Å²) >= 11 is 3.68. The van der Waals surface area contributed by atoms with Gasteiger partial charge < -0.3 is 31.0 Å². The quantitative estimate of drug-likeness (QED) is 0.0272. The number of aromatic nitrogens is 3. The minimum absolute atomic E-state index is 0.0888. The molecule has 0 saturated carbocycles. The van der Waals surface area contributed by atoms with Crippen molar-refractivity contribution in [3.8, 4) is 0 Å². The first-order chi connectivity index (χ1) is 29.9. The summed E-state index contributed by atoms with van der Waals surface area (Å²) in [5, 5.41) is 20.6. The molecule has 15 nitrogen and oxygen atoms in total. The van der Waals surface area contributed by atoms with Crippen LogP contribution in [0.1, 0.15) is 61.8 Å². The fourth-order valence-electron chi connectivity index (χ4n) is 7.11. The molecule has 4 heterocycles. The molecular weight excluding hydrogens is 849 g/mol. The Morgan fingerprint density at radius 1 is 0.952 bits per heavy atom. The van der Waals surface area contributed by atoms with E-state index in [0.717, 1.165) is 38.8 Å². The molecule has 2 atom stereocenters. The molecule has 0 radical (unpaired) electrons. The predicted molar refractivity (Wildman–Crippen MR) is 238 cm³/mol. The van der Waals surface area contributed by atoms with Crippen molar-refractivity contribution in [2.75, 3.05) is 18.0 Å². The van der Waals surface area contributed by atoms with Crippen LogP contribution in [0.3, 0.4) is 0 Å². The van der Waals surface area contributed by atoms with Gasteiger partial charge in [-0.05, 0) is 45.7 Å². The minimum atomic E-state index is -1.34. The Bertz CT molecular complexity index is 2380. The Morgan fingerprint density at radius 2 is 1.58 bits per heavy atom. The van der Waals surface area contributed by atoms with Gasteiger partial charge in [0.1, 0.15) is 17.3 Å². The molecule has 3 amide bonds. The number of nitrogens with zero attached hydrogens (tertiary/aromatic N) is 5. The monoisotopic (exact) mass is 892 g/mol. The van der Waals surface area contributed by atoms with Gasteiger partial charge in [0.25, 0.3) is 11.8 Å². The van der Waals surface area contributed by atoms with Gasteiger partial charge in [-0.2, -0.15) is 21.1 Å². The number of carboxylic acid groups (broad SMARTS) is 1. The summed E-state index contributed by atoms with van der Waals surface area (Å²) in [4.78, 5) is 70.9. The van der Waals surface area contributed by atoms with Gasteiger partial charge in [0, 0.05) is 62.3 Å². The van der Waals surface area contributed by atoms with Crippen molar-refractivity contribution in [2.45, 2.75) is 67.5 Å². The van der Waals surface area contributed by atoms with Gasteiger partial charge in [-0.3, -0.25) is 19.5 Å². The second-order valence-corrected chi connectivity index (χ2v) is 18.2. The molecule has 1 saturated heterocycles. The molecule has 2 unspecified atom stereocenters. The molecule has 0 spiro atoms.